The van der Waals surface area contributed by atoms with E-state index in [9.17, 15) is 0 Å². The third-order valence-corrected chi connectivity index (χ3v) is 4.24. The lowest BCUT2D eigenvalue weighted by Crippen LogP contribution is -2.15. The molecular weight excluding hydrogens is 382 g/mol. The maximum Gasteiger partial charge on any atom is 0.147 e. The predicted molar refractivity (Wildman–Crippen MR) is 93.4 cm³/mol. The van der Waals surface area contributed by atoms with Gasteiger partial charge in [-0.1, -0.05) is 26.7 Å². The average Bonchev–Trinajstić information content (AvgIpc) is 2.37. The van der Waals surface area contributed by atoms with Crippen LogP contribution in [0.2, 0.25) is 0 Å². The van der Waals surface area contributed by atoms with Crippen molar-refractivity contribution in [2.75, 3.05) is 13.2 Å². The van der Waals surface area contributed by atoms with Crippen molar-refractivity contribution in [3.8, 4) is 5.75 Å². The molecule has 0 saturated heterocycles. The Bertz CT molecular complexity index is 384. The highest BCUT2D eigenvalue weighted by Crippen LogP contribution is 2.34. The van der Waals surface area contributed by atoms with Crippen molar-refractivity contribution in [3.63, 3.8) is 0 Å². The van der Waals surface area contributed by atoms with E-state index in [-0.39, 0.29) is 0 Å². The molecule has 0 aliphatic carbocycles. The molecule has 0 saturated carbocycles. The molecule has 0 radical (unpaired) electrons. The monoisotopic (exact) mass is 405 g/mol. The Morgan fingerprint density at radius 1 is 1.15 bits per heavy atom. The van der Waals surface area contributed by atoms with Gasteiger partial charge in [0.25, 0.3) is 0 Å². The van der Waals surface area contributed by atoms with Gasteiger partial charge in [-0.05, 0) is 75.4 Å². The van der Waals surface area contributed by atoms with Crippen LogP contribution in [0.5, 0.6) is 5.75 Å². The zero-order valence-corrected chi connectivity index (χ0v) is 15.8. The van der Waals surface area contributed by atoms with Gasteiger partial charge >= 0.3 is 0 Å². The van der Waals surface area contributed by atoms with Crippen molar-refractivity contribution < 1.29 is 4.74 Å². The Hall–Kier alpha value is -0.0600. The van der Waals surface area contributed by atoms with Crippen LogP contribution in [0.15, 0.2) is 21.1 Å². The second-order valence-electron chi connectivity index (χ2n) is 5.39. The first-order chi connectivity index (χ1) is 9.54. The third-order valence-electron chi connectivity index (χ3n) is 3.06. The first kappa shape index (κ1) is 18.0. The van der Waals surface area contributed by atoms with Crippen LogP contribution in [0.1, 0.15) is 45.6 Å². The van der Waals surface area contributed by atoms with Crippen LogP contribution in [0, 0.1) is 5.92 Å². The standard InChI is InChI=1S/C16H25Br2NO/c1-4-20-16-14(17)9-13(10-15(16)18)11-19-8-6-5-7-12(2)3/h9-10,12,19H,4-8,11H2,1-3H3. The van der Waals surface area contributed by atoms with Crippen molar-refractivity contribution in [3.05, 3.63) is 26.6 Å². The average molecular weight is 407 g/mol. The maximum absolute atomic E-state index is 5.59. The van der Waals surface area contributed by atoms with Crippen LogP contribution >= 0.6 is 31.9 Å². The molecule has 1 rings (SSSR count). The van der Waals surface area contributed by atoms with Gasteiger partial charge in [0.05, 0.1) is 15.6 Å². The number of hydrogen-bond donors (Lipinski definition) is 1. The minimum atomic E-state index is 0.671. The Morgan fingerprint density at radius 3 is 2.35 bits per heavy atom. The number of halogens is 2. The van der Waals surface area contributed by atoms with E-state index in [0.717, 1.165) is 33.7 Å². The van der Waals surface area contributed by atoms with Gasteiger partial charge in [-0.3, -0.25) is 0 Å². The molecule has 1 aromatic rings. The molecule has 114 valence electrons. The van der Waals surface area contributed by atoms with Crippen molar-refractivity contribution in [2.45, 2.75) is 46.6 Å². The van der Waals surface area contributed by atoms with E-state index in [0.29, 0.717) is 6.61 Å². The fourth-order valence-electron chi connectivity index (χ4n) is 2.03. The van der Waals surface area contributed by atoms with Crippen LogP contribution in [-0.2, 0) is 6.54 Å². The summed E-state index contributed by atoms with van der Waals surface area (Å²) < 4.78 is 7.60. The van der Waals surface area contributed by atoms with E-state index >= 15 is 0 Å². The topological polar surface area (TPSA) is 21.3 Å². The van der Waals surface area contributed by atoms with Crippen molar-refractivity contribution in [1.29, 1.82) is 0 Å². The summed E-state index contributed by atoms with van der Waals surface area (Å²) in [6.07, 6.45) is 3.88. The zero-order chi connectivity index (χ0) is 15.0. The lowest BCUT2D eigenvalue weighted by molar-refractivity contribution is 0.336. The summed E-state index contributed by atoms with van der Waals surface area (Å²) in [5, 5.41) is 3.50. The number of rotatable bonds is 9. The summed E-state index contributed by atoms with van der Waals surface area (Å²) >= 11 is 7.13. The van der Waals surface area contributed by atoms with Crippen molar-refractivity contribution in [1.82, 2.24) is 5.32 Å². The number of hydrogen-bond acceptors (Lipinski definition) is 2. The van der Waals surface area contributed by atoms with Gasteiger partial charge in [-0.25, -0.2) is 0 Å². The van der Waals surface area contributed by atoms with Crippen LogP contribution in [0.4, 0.5) is 0 Å². The molecule has 0 spiro atoms. The Balaban J connectivity index is 2.37. The molecule has 0 bridgehead atoms. The molecule has 0 heterocycles. The van der Waals surface area contributed by atoms with E-state index in [4.69, 9.17) is 4.74 Å². The van der Waals surface area contributed by atoms with Gasteiger partial charge in [-0.2, -0.15) is 0 Å². The normalized spacial score (nSPS) is 11.1. The van der Waals surface area contributed by atoms with E-state index in [1.807, 2.05) is 6.92 Å². The van der Waals surface area contributed by atoms with E-state index < -0.39 is 0 Å². The fraction of sp³-hybridized carbons (Fsp3) is 0.625. The van der Waals surface area contributed by atoms with E-state index in [1.165, 1.54) is 24.8 Å². The Kier molecular flexibility index (Phi) is 8.82. The van der Waals surface area contributed by atoms with Crippen LogP contribution in [0.25, 0.3) is 0 Å². The maximum atomic E-state index is 5.59. The largest absolute Gasteiger partial charge is 0.492 e. The number of ether oxygens (including phenoxy) is 1. The summed E-state index contributed by atoms with van der Waals surface area (Å²) in [5.41, 5.74) is 1.26. The van der Waals surface area contributed by atoms with Crippen LogP contribution < -0.4 is 10.1 Å². The molecule has 0 unspecified atom stereocenters. The number of nitrogens with one attached hydrogen (secondary N) is 1. The molecular formula is C16H25Br2NO. The lowest BCUT2D eigenvalue weighted by Gasteiger charge is -2.11. The van der Waals surface area contributed by atoms with Crippen LogP contribution in [0.3, 0.4) is 0 Å². The summed E-state index contributed by atoms with van der Waals surface area (Å²) in [6.45, 7) is 9.20. The summed E-state index contributed by atoms with van der Waals surface area (Å²) in [7, 11) is 0. The molecule has 0 aliphatic heterocycles. The summed E-state index contributed by atoms with van der Waals surface area (Å²) in [6, 6.07) is 4.24. The first-order valence-corrected chi connectivity index (χ1v) is 8.94. The van der Waals surface area contributed by atoms with Gasteiger partial charge in [0, 0.05) is 6.54 Å². The first-order valence-electron chi connectivity index (χ1n) is 7.36. The quantitative estimate of drug-likeness (QED) is 0.544. The predicted octanol–water partition coefficient (Wildman–Crippen LogP) is 5.53. The third kappa shape index (κ3) is 6.59. The minimum Gasteiger partial charge on any atom is -0.492 e. The number of benzene rings is 1. The molecule has 0 amide bonds. The summed E-state index contributed by atoms with van der Waals surface area (Å²) in [4.78, 5) is 0. The van der Waals surface area contributed by atoms with Gasteiger partial charge in [-0.15, -0.1) is 0 Å². The molecule has 0 aliphatic rings. The van der Waals surface area contributed by atoms with Gasteiger partial charge in [0.1, 0.15) is 5.75 Å². The molecule has 4 heteroatoms. The Morgan fingerprint density at radius 2 is 1.80 bits per heavy atom. The van der Waals surface area contributed by atoms with E-state index in [1.54, 1.807) is 0 Å². The molecule has 1 aromatic carbocycles. The summed E-state index contributed by atoms with van der Waals surface area (Å²) in [5.74, 6) is 1.70. The molecule has 20 heavy (non-hydrogen) atoms. The highest BCUT2D eigenvalue weighted by Gasteiger charge is 2.08. The van der Waals surface area contributed by atoms with Crippen LogP contribution in [-0.4, -0.2) is 13.2 Å². The molecule has 0 atom stereocenters. The van der Waals surface area contributed by atoms with E-state index in [2.05, 4.69) is 63.2 Å². The molecule has 2 nitrogen and oxygen atoms in total. The molecule has 0 aromatic heterocycles. The Labute approximate surface area is 139 Å². The zero-order valence-electron chi connectivity index (χ0n) is 12.6. The van der Waals surface area contributed by atoms with Gasteiger partial charge in [0.2, 0.25) is 0 Å². The minimum absolute atomic E-state index is 0.671. The fourth-order valence-corrected chi connectivity index (χ4v) is 3.54. The molecule has 1 N–H and O–H groups in total. The van der Waals surface area contributed by atoms with Gasteiger partial charge < -0.3 is 10.1 Å². The van der Waals surface area contributed by atoms with Crippen molar-refractivity contribution in [2.24, 2.45) is 5.92 Å². The number of unbranched alkanes of at least 4 members (excludes halogenated alkanes) is 1. The second-order valence-corrected chi connectivity index (χ2v) is 7.10. The smallest absolute Gasteiger partial charge is 0.147 e. The van der Waals surface area contributed by atoms with Crippen molar-refractivity contribution >= 4 is 31.9 Å². The lowest BCUT2D eigenvalue weighted by atomic mass is 10.1. The highest BCUT2D eigenvalue weighted by atomic mass is 79.9. The SMILES string of the molecule is CCOc1c(Br)cc(CNCCCCC(C)C)cc1Br. The molecule has 0 fully saturated rings. The second kappa shape index (κ2) is 9.80. The van der Waals surface area contributed by atoms with Gasteiger partial charge in [0.15, 0.2) is 0 Å². The highest BCUT2D eigenvalue weighted by molar-refractivity contribution is 9.11.